The summed E-state index contributed by atoms with van der Waals surface area (Å²) in [6.45, 7) is 4.88. The van der Waals surface area contributed by atoms with Crippen molar-refractivity contribution in [1.29, 1.82) is 0 Å². The molecule has 0 radical (unpaired) electrons. The van der Waals surface area contributed by atoms with Crippen LogP contribution in [0.25, 0.3) is 0 Å². The molecule has 1 saturated heterocycles. The molecule has 1 fully saturated rings. The highest BCUT2D eigenvalue weighted by molar-refractivity contribution is 7.89. The molecule has 0 aromatic heterocycles. The van der Waals surface area contributed by atoms with Crippen LogP contribution in [0, 0.1) is 11.8 Å². The largest absolute Gasteiger partial charge is 0.497 e. The minimum absolute atomic E-state index is 0.112. The van der Waals surface area contributed by atoms with E-state index in [9.17, 15) is 13.2 Å². The molecule has 0 spiro atoms. The summed E-state index contributed by atoms with van der Waals surface area (Å²) in [5.74, 6) is 0.481. The smallest absolute Gasteiger partial charge is 0.243 e. The zero-order chi connectivity index (χ0) is 22.6. The number of amides is 1. The van der Waals surface area contributed by atoms with E-state index in [1.165, 1.54) is 4.31 Å². The Balaban J connectivity index is 1.97. The molecular weight excluding hydrogens is 416 g/mol. The lowest BCUT2D eigenvalue weighted by atomic mass is 9.87. The number of hydrogen-bond donors (Lipinski definition) is 1. The number of methoxy groups -OCH3 is 2. The molecule has 7 nitrogen and oxygen atoms in total. The van der Waals surface area contributed by atoms with E-state index in [0.29, 0.717) is 24.0 Å². The molecule has 2 aromatic carbocycles. The van der Waals surface area contributed by atoms with Gasteiger partial charge in [-0.3, -0.25) is 4.79 Å². The lowest BCUT2D eigenvalue weighted by Gasteiger charge is -2.21. The van der Waals surface area contributed by atoms with Crippen molar-refractivity contribution in [1.82, 2.24) is 9.62 Å². The Kier molecular flexibility index (Phi) is 7.23. The van der Waals surface area contributed by atoms with E-state index in [1.54, 1.807) is 56.7 Å². The van der Waals surface area contributed by atoms with Crippen molar-refractivity contribution in [3.8, 4) is 11.5 Å². The Labute approximate surface area is 184 Å². The first kappa shape index (κ1) is 23.1. The molecule has 31 heavy (non-hydrogen) atoms. The van der Waals surface area contributed by atoms with Gasteiger partial charge in [-0.05, 0) is 29.7 Å². The Hall–Kier alpha value is -2.58. The summed E-state index contributed by atoms with van der Waals surface area (Å²) >= 11 is 0. The monoisotopic (exact) mass is 446 g/mol. The van der Waals surface area contributed by atoms with Gasteiger partial charge in [-0.1, -0.05) is 38.1 Å². The van der Waals surface area contributed by atoms with Crippen LogP contribution in [0.4, 0.5) is 0 Å². The van der Waals surface area contributed by atoms with E-state index in [2.05, 4.69) is 5.32 Å². The number of carbonyl (C=O) groups is 1. The lowest BCUT2D eigenvalue weighted by molar-refractivity contribution is -0.125. The van der Waals surface area contributed by atoms with Gasteiger partial charge >= 0.3 is 0 Å². The number of hydrogen-bond acceptors (Lipinski definition) is 5. The molecule has 2 aromatic rings. The van der Waals surface area contributed by atoms with Crippen molar-refractivity contribution < 1.29 is 22.7 Å². The van der Waals surface area contributed by atoms with Crippen molar-refractivity contribution in [2.24, 2.45) is 11.8 Å². The van der Waals surface area contributed by atoms with Gasteiger partial charge in [-0.2, -0.15) is 4.31 Å². The van der Waals surface area contributed by atoms with Crippen LogP contribution in [-0.2, 0) is 14.8 Å². The third-order valence-corrected chi connectivity index (χ3v) is 7.37. The Morgan fingerprint density at radius 1 is 1.10 bits per heavy atom. The Morgan fingerprint density at radius 3 is 2.42 bits per heavy atom. The molecule has 0 aliphatic carbocycles. The molecule has 0 saturated carbocycles. The molecule has 168 valence electrons. The summed E-state index contributed by atoms with van der Waals surface area (Å²) < 4.78 is 38.7. The quantitative estimate of drug-likeness (QED) is 0.674. The summed E-state index contributed by atoms with van der Waals surface area (Å²) in [7, 11) is -0.597. The van der Waals surface area contributed by atoms with Crippen molar-refractivity contribution in [2.45, 2.75) is 24.7 Å². The lowest BCUT2D eigenvalue weighted by Crippen LogP contribution is -2.37. The number of nitrogens with zero attached hydrogens (tertiary/aromatic N) is 1. The average Bonchev–Trinajstić information content (AvgIpc) is 3.23. The van der Waals surface area contributed by atoms with Crippen molar-refractivity contribution in [2.75, 3.05) is 33.9 Å². The van der Waals surface area contributed by atoms with Gasteiger partial charge in [-0.25, -0.2) is 8.42 Å². The van der Waals surface area contributed by atoms with Crippen LogP contribution < -0.4 is 14.8 Å². The second-order valence-corrected chi connectivity index (χ2v) is 10.0. The zero-order valence-electron chi connectivity index (χ0n) is 18.4. The summed E-state index contributed by atoms with van der Waals surface area (Å²) in [6, 6.07) is 13.7. The molecule has 0 bridgehead atoms. The maximum atomic E-state index is 13.2. The third kappa shape index (κ3) is 5.02. The highest BCUT2D eigenvalue weighted by Gasteiger charge is 2.44. The maximum Gasteiger partial charge on any atom is 0.243 e. The summed E-state index contributed by atoms with van der Waals surface area (Å²) in [5, 5.41) is 2.97. The molecule has 8 heteroatoms. The second-order valence-electron chi connectivity index (χ2n) is 8.09. The first-order chi connectivity index (χ1) is 14.8. The van der Waals surface area contributed by atoms with Gasteiger partial charge in [0.15, 0.2) is 0 Å². The first-order valence-electron chi connectivity index (χ1n) is 10.3. The second kappa shape index (κ2) is 9.70. The fourth-order valence-corrected chi connectivity index (χ4v) is 5.36. The van der Waals surface area contributed by atoms with E-state index in [-0.39, 0.29) is 29.8 Å². The maximum absolute atomic E-state index is 13.2. The van der Waals surface area contributed by atoms with Crippen molar-refractivity contribution >= 4 is 15.9 Å². The van der Waals surface area contributed by atoms with Gasteiger partial charge in [0.2, 0.25) is 15.9 Å². The predicted octanol–water partition coefficient (Wildman–Crippen LogP) is 2.88. The topological polar surface area (TPSA) is 84.9 Å². The van der Waals surface area contributed by atoms with Gasteiger partial charge in [0.25, 0.3) is 0 Å². The van der Waals surface area contributed by atoms with Crippen molar-refractivity contribution in [3.05, 3.63) is 54.1 Å². The van der Waals surface area contributed by atoms with Crippen LogP contribution in [0.3, 0.4) is 0 Å². The number of carbonyl (C=O) groups excluding carboxylic acids is 1. The van der Waals surface area contributed by atoms with Gasteiger partial charge < -0.3 is 14.8 Å². The number of rotatable bonds is 8. The number of ether oxygens (including phenoxy) is 2. The zero-order valence-corrected chi connectivity index (χ0v) is 19.2. The van der Waals surface area contributed by atoms with E-state index in [0.717, 1.165) is 5.56 Å². The van der Waals surface area contributed by atoms with Gasteiger partial charge in [0.1, 0.15) is 11.5 Å². The van der Waals surface area contributed by atoms with E-state index < -0.39 is 15.9 Å². The van der Waals surface area contributed by atoms with Gasteiger partial charge in [0, 0.05) is 31.6 Å². The van der Waals surface area contributed by atoms with Crippen molar-refractivity contribution in [3.63, 3.8) is 0 Å². The van der Waals surface area contributed by atoms with Crippen LogP contribution >= 0.6 is 0 Å². The minimum atomic E-state index is -3.72. The van der Waals surface area contributed by atoms with Crippen LogP contribution in [0.1, 0.15) is 25.3 Å². The van der Waals surface area contributed by atoms with E-state index in [4.69, 9.17) is 9.47 Å². The van der Waals surface area contributed by atoms with E-state index in [1.807, 2.05) is 19.9 Å². The first-order valence-corrected chi connectivity index (χ1v) is 11.8. The molecule has 1 amide bonds. The summed E-state index contributed by atoms with van der Waals surface area (Å²) in [5.41, 5.74) is 0.791. The molecule has 1 aliphatic rings. The SMILES string of the molecule is COc1ccc([C@@H]2CN(S(=O)(=O)c3ccccc3)C[C@H]2C(=O)NCC(C)C)c(OC)c1. The average molecular weight is 447 g/mol. The highest BCUT2D eigenvalue weighted by Crippen LogP contribution is 2.41. The molecular formula is C23H30N2O5S. The minimum Gasteiger partial charge on any atom is -0.497 e. The summed E-state index contributed by atoms with van der Waals surface area (Å²) in [4.78, 5) is 13.3. The molecule has 3 rings (SSSR count). The normalized spacial score (nSPS) is 19.4. The number of nitrogens with one attached hydrogen (secondary N) is 1. The fourth-order valence-electron chi connectivity index (χ4n) is 3.85. The Morgan fingerprint density at radius 2 is 1.81 bits per heavy atom. The molecule has 1 aliphatic heterocycles. The van der Waals surface area contributed by atoms with Crippen LogP contribution in [-0.4, -0.2) is 52.5 Å². The molecule has 2 atom stereocenters. The van der Waals surface area contributed by atoms with Crippen LogP contribution in [0.2, 0.25) is 0 Å². The molecule has 1 N–H and O–H groups in total. The standard InChI is InChI=1S/C23H30N2O5S/c1-16(2)13-24-23(26)21-15-25(31(27,28)18-8-6-5-7-9-18)14-20(21)19-11-10-17(29-3)12-22(19)30-4/h5-12,16,20-21H,13-15H2,1-4H3,(H,24,26)/t20-,21+/m0/s1. The molecule has 0 unspecified atom stereocenters. The number of sulfonamides is 1. The van der Waals surface area contributed by atoms with Crippen LogP contribution in [0.5, 0.6) is 11.5 Å². The van der Waals surface area contributed by atoms with Crippen LogP contribution in [0.15, 0.2) is 53.4 Å². The van der Waals surface area contributed by atoms with Gasteiger partial charge in [0.05, 0.1) is 25.0 Å². The van der Waals surface area contributed by atoms with Gasteiger partial charge in [-0.15, -0.1) is 0 Å². The molecule has 1 heterocycles. The highest BCUT2D eigenvalue weighted by atomic mass is 32.2. The Bertz CT molecular complexity index is 1010. The summed E-state index contributed by atoms with van der Waals surface area (Å²) in [6.07, 6.45) is 0. The van der Waals surface area contributed by atoms with E-state index >= 15 is 0 Å². The third-order valence-electron chi connectivity index (χ3n) is 5.53. The predicted molar refractivity (Wildman–Crippen MR) is 119 cm³/mol. The number of benzene rings is 2. The fraction of sp³-hybridized carbons (Fsp3) is 0.435.